The van der Waals surface area contributed by atoms with Crippen LogP contribution in [0.4, 0.5) is 4.39 Å². The number of nitrogens with zero attached hydrogens (tertiary/aromatic N) is 4. The Bertz CT molecular complexity index is 897. The molecule has 0 saturated heterocycles. The lowest BCUT2D eigenvalue weighted by Crippen LogP contribution is -2.30. The maximum atomic E-state index is 12.9. The molecule has 140 valence electrons. The van der Waals surface area contributed by atoms with Gasteiger partial charge in [-0.15, -0.1) is 11.6 Å². The molecule has 0 atom stereocenters. The highest BCUT2D eigenvalue weighted by Gasteiger charge is 2.15. The lowest BCUT2D eigenvalue weighted by Gasteiger charge is -2.21. The minimum absolute atomic E-state index is 0.0978. The third kappa shape index (κ3) is 5.27. The summed E-state index contributed by atoms with van der Waals surface area (Å²) in [6.07, 6.45) is 5.20. The summed E-state index contributed by atoms with van der Waals surface area (Å²) >= 11 is 5.74. The van der Waals surface area contributed by atoms with Gasteiger partial charge in [-0.05, 0) is 29.8 Å². The van der Waals surface area contributed by atoms with E-state index >= 15 is 0 Å². The quantitative estimate of drug-likeness (QED) is 0.581. The van der Waals surface area contributed by atoms with Gasteiger partial charge in [0.05, 0.1) is 6.20 Å². The Morgan fingerprint density at radius 3 is 2.48 bits per heavy atom. The molecule has 0 bridgehead atoms. The van der Waals surface area contributed by atoms with Gasteiger partial charge >= 0.3 is 0 Å². The van der Waals surface area contributed by atoms with Crippen molar-refractivity contribution in [1.29, 1.82) is 0 Å². The smallest absolute Gasteiger partial charge is 0.238 e. The number of aryl methyl sites for hydroxylation is 1. The van der Waals surface area contributed by atoms with E-state index in [-0.39, 0.29) is 17.6 Å². The van der Waals surface area contributed by atoms with Crippen molar-refractivity contribution in [2.45, 2.75) is 13.1 Å². The monoisotopic (exact) mass is 388 g/mol. The van der Waals surface area contributed by atoms with Gasteiger partial charge in [0.25, 0.3) is 0 Å². The largest absolute Gasteiger partial charge is 0.439 e. The van der Waals surface area contributed by atoms with E-state index < -0.39 is 0 Å². The SMILES string of the molecule is Cn1cc(CN(Cc2ccc(Oc3ccc(F)cc3)nc2)C(=O)CCl)cn1. The molecule has 0 N–H and O–H groups in total. The van der Waals surface area contributed by atoms with Crippen LogP contribution >= 0.6 is 11.6 Å². The zero-order chi connectivity index (χ0) is 19.2. The van der Waals surface area contributed by atoms with Gasteiger partial charge in [0.15, 0.2) is 0 Å². The first-order valence-electron chi connectivity index (χ1n) is 8.23. The van der Waals surface area contributed by atoms with Gasteiger partial charge in [0.1, 0.15) is 17.4 Å². The van der Waals surface area contributed by atoms with Crippen molar-refractivity contribution in [2.75, 3.05) is 5.88 Å². The van der Waals surface area contributed by atoms with Crippen LogP contribution in [-0.2, 0) is 24.9 Å². The second-order valence-electron chi connectivity index (χ2n) is 5.97. The van der Waals surface area contributed by atoms with Crippen molar-refractivity contribution in [3.05, 3.63) is 71.9 Å². The van der Waals surface area contributed by atoms with E-state index in [0.717, 1.165) is 11.1 Å². The summed E-state index contributed by atoms with van der Waals surface area (Å²) in [6, 6.07) is 9.21. The number of carbonyl (C=O) groups excluding carboxylic acids is 1. The molecule has 0 spiro atoms. The second kappa shape index (κ2) is 8.64. The molecule has 0 fully saturated rings. The number of ether oxygens (including phenoxy) is 1. The normalized spacial score (nSPS) is 10.6. The van der Waals surface area contributed by atoms with Gasteiger partial charge in [0.2, 0.25) is 11.8 Å². The Balaban J connectivity index is 1.66. The first-order valence-corrected chi connectivity index (χ1v) is 8.76. The summed E-state index contributed by atoms with van der Waals surface area (Å²) < 4.78 is 20.2. The van der Waals surface area contributed by atoms with Crippen molar-refractivity contribution in [3.63, 3.8) is 0 Å². The highest BCUT2D eigenvalue weighted by molar-refractivity contribution is 6.27. The fraction of sp³-hybridized carbons (Fsp3) is 0.211. The molecule has 2 aromatic heterocycles. The van der Waals surface area contributed by atoms with Crippen LogP contribution in [0.25, 0.3) is 0 Å². The number of carbonyl (C=O) groups is 1. The highest BCUT2D eigenvalue weighted by Crippen LogP contribution is 2.20. The molecule has 0 aliphatic heterocycles. The fourth-order valence-corrected chi connectivity index (χ4v) is 2.67. The molecule has 2 heterocycles. The zero-order valence-corrected chi connectivity index (χ0v) is 15.4. The Morgan fingerprint density at radius 2 is 1.89 bits per heavy atom. The third-order valence-electron chi connectivity index (χ3n) is 3.81. The van der Waals surface area contributed by atoms with Crippen molar-refractivity contribution in [2.24, 2.45) is 7.05 Å². The Hall–Kier alpha value is -2.93. The van der Waals surface area contributed by atoms with E-state index in [1.807, 2.05) is 19.3 Å². The van der Waals surface area contributed by atoms with Gasteiger partial charge in [0, 0.05) is 44.2 Å². The number of pyridine rings is 1. The summed E-state index contributed by atoms with van der Waals surface area (Å²) in [6.45, 7) is 0.775. The number of amides is 1. The number of halogens is 2. The average molecular weight is 389 g/mol. The molecule has 1 amide bonds. The van der Waals surface area contributed by atoms with Gasteiger partial charge in [-0.25, -0.2) is 9.37 Å². The number of alkyl halides is 1. The summed E-state index contributed by atoms with van der Waals surface area (Å²) in [5.41, 5.74) is 1.75. The van der Waals surface area contributed by atoms with Crippen LogP contribution in [-0.4, -0.2) is 31.5 Å². The second-order valence-corrected chi connectivity index (χ2v) is 6.23. The molecular formula is C19H18ClFN4O2. The number of hydrogen-bond acceptors (Lipinski definition) is 4. The topological polar surface area (TPSA) is 60.2 Å². The average Bonchev–Trinajstić information content (AvgIpc) is 3.08. The molecule has 27 heavy (non-hydrogen) atoms. The summed E-state index contributed by atoms with van der Waals surface area (Å²) in [5.74, 6) is 0.273. The van der Waals surface area contributed by atoms with Crippen LogP contribution in [0.1, 0.15) is 11.1 Å². The van der Waals surface area contributed by atoms with Crippen LogP contribution in [0.5, 0.6) is 11.6 Å². The molecule has 0 radical (unpaired) electrons. The Labute approximate surface area is 161 Å². The number of aromatic nitrogens is 3. The number of benzene rings is 1. The minimum Gasteiger partial charge on any atom is -0.439 e. The highest BCUT2D eigenvalue weighted by atomic mass is 35.5. The van der Waals surface area contributed by atoms with Gasteiger partial charge in [-0.3, -0.25) is 9.48 Å². The van der Waals surface area contributed by atoms with Crippen molar-refractivity contribution in [1.82, 2.24) is 19.7 Å². The molecule has 3 rings (SSSR count). The first kappa shape index (κ1) is 18.8. The van der Waals surface area contributed by atoms with Crippen LogP contribution in [0, 0.1) is 5.82 Å². The van der Waals surface area contributed by atoms with E-state index in [1.165, 1.54) is 24.3 Å². The third-order valence-corrected chi connectivity index (χ3v) is 4.03. The molecule has 0 aliphatic rings. The predicted octanol–water partition coefficient (Wildman–Crippen LogP) is 3.51. The molecule has 0 aliphatic carbocycles. The van der Waals surface area contributed by atoms with Crippen molar-refractivity contribution in [3.8, 4) is 11.6 Å². The molecule has 3 aromatic rings. The van der Waals surface area contributed by atoms with Crippen LogP contribution in [0.2, 0.25) is 0 Å². The zero-order valence-electron chi connectivity index (χ0n) is 14.7. The predicted molar refractivity (Wildman–Crippen MR) is 98.9 cm³/mol. The van der Waals surface area contributed by atoms with Gasteiger partial charge in [-0.1, -0.05) is 6.07 Å². The summed E-state index contributed by atoms with van der Waals surface area (Å²) in [7, 11) is 1.82. The molecule has 0 unspecified atom stereocenters. The Morgan fingerprint density at radius 1 is 1.15 bits per heavy atom. The van der Waals surface area contributed by atoms with Crippen molar-refractivity contribution >= 4 is 17.5 Å². The first-order chi connectivity index (χ1) is 13.0. The standard InChI is InChI=1S/C19H18ClFN4O2/c1-24-11-15(10-23-24)13-25(19(26)8-20)12-14-2-7-18(22-9-14)27-17-5-3-16(21)4-6-17/h2-7,9-11H,8,12-13H2,1H3. The van der Waals surface area contributed by atoms with Crippen LogP contribution in [0.3, 0.4) is 0 Å². The summed E-state index contributed by atoms with van der Waals surface area (Å²) in [4.78, 5) is 18.0. The van der Waals surface area contributed by atoms with Crippen LogP contribution in [0.15, 0.2) is 55.0 Å². The molecular weight excluding hydrogens is 371 g/mol. The van der Waals surface area contributed by atoms with E-state index in [9.17, 15) is 9.18 Å². The lowest BCUT2D eigenvalue weighted by molar-refractivity contribution is -0.129. The van der Waals surface area contributed by atoms with E-state index in [1.54, 1.807) is 28.0 Å². The number of hydrogen-bond donors (Lipinski definition) is 0. The molecule has 1 aromatic carbocycles. The molecule has 8 heteroatoms. The van der Waals surface area contributed by atoms with E-state index in [2.05, 4.69) is 10.1 Å². The minimum atomic E-state index is -0.330. The van der Waals surface area contributed by atoms with E-state index in [4.69, 9.17) is 16.3 Å². The maximum absolute atomic E-state index is 12.9. The maximum Gasteiger partial charge on any atom is 0.238 e. The van der Waals surface area contributed by atoms with Gasteiger partial charge < -0.3 is 9.64 Å². The Kier molecular flexibility index (Phi) is 6.03. The lowest BCUT2D eigenvalue weighted by atomic mass is 10.2. The van der Waals surface area contributed by atoms with E-state index in [0.29, 0.717) is 24.7 Å². The summed E-state index contributed by atoms with van der Waals surface area (Å²) in [5, 5.41) is 4.11. The van der Waals surface area contributed by atoms with Gasteiger partial charge in [-0.2, -0.15) is 5.10 Å². The van der Waals surface area contributed by atoms with Crippen molar-refractivity contribution < 1.29 is 13.9 Å². The number of rotatable bonds is 7. The fourth-order valence-electron chi connectivity index (χ4n) is 2.50. The van der Waals surface area contributed by atoms with Crippen LogP contribution < -0.4 is 4.74 Å². The molecule has 6 nitrogen and oxygen atoms in total. The molecule has 0 saturated carbocycles.